The number of carbonyl (C=O) groups is 2. The van der Waals surface area contributed by atoms with Crippen molar-refractivity contribution in [1.82, 2.24) is 20.4 Å². The quantitative estimate of drug-likeness (QED) is 0.664. The Morgan fingerprint density at radius 1 is 1.07 bits per heavy atom. The Kier molecular flexibility index (Phi) is 5.69. The summed E-state index contributed by atoms with van der Waals surface area (Å²) in [6, 6.07) is 11.3. The third kappa shape index (κ3) is 4.35. The molecule has 0 aliphatic heterocycles. The standard InChI is InChI=1S/C20H19FN4O3/c1-13-4-3-5-14(2)19(13)28-11-18(26)23-24-20(27)17-10-22-12-25(17)16-8-6-15(21)7-9-16/h3-10,12H,11H2,1-2H3,(H,23,26)(H,24,27). The summed E-state index contributed by atoms with van der Waals surface area (Å²) in [4.78, 5) is 28.3. The molecular formula is C20H19FN4O3. The van der Waals surface area contributed by atoms with Crippen LogP contribution in [-0.4, -0.2) is 28.0 Å². The number of carbonyl (C=O) groups excluding carboxylic acids is 2. The lowest BCUT2D eigenvalue weighted by atomic mass is 10.1. The van der Waals surface area contributed by atoms with Gasteiger partial charge in [-0.25, -0.2) is 9.37 Å². The second-order valence-corrected chi connectivity index (χ2v) is 6.14. The van der Waals surface area contributed by atoms with Crippen LogP contribution in [0.15, 0.2) is 55.0 Å². The number of hydrazine groups is 1. The highest BCUT2D eigenvalue weighted by molar-refractivity contribution is 5.94. The summed E-state index contributed by atoms with van der Waals surface area (Å²) in [5.41, 5.74) is 7.20. The lowest BCUT2D eigenvalue weighted by Gasteiger charge is -2.13. The molecule has 2 N–H and O–H groups in total. The van der Waals surface area contributed by atoms with Crippen molar-refractivity contribution in [3.63, 3.8) is 0 Å². The molecule has 3 aromatic rings. The highest BCUT2D eigenvalue weighted by atomic mass is 19.1. The molecule has 0 radical (unpaired) electrons. The number of rotatable bonds is 5. The average molecular weight is 382 g/mol. The zero-order valence-electron chi connectivity index (χ0n) is 15.4. The maximum absolute atomic E-state index is 13.1. The Balaban J connectivity index is 1.58. The van der Waals surface area contributed by atoms with Crippen molar-refractivity contribution in [2.24, 2.45) is 0 Å². The van der Waals surface area contributed by atoms with E-state index >= 15 is 0 Å². The third-order valence-corrected chi connectivity index (χ3v) is 4.05. The van der Waals surface area contributed by atoms with E-state index in [9.17, 15) is 14.0 Å². The first kappa shape index (κ1) is 19.1. The largest absolute Gasteiger partial charge is 0.483 e. The number of hydrogen-bond acceptors (Lipinski definition) is 4. The number of halogens is 1. The fraction of sp³-hybridized carbons (Fsp3) is 0.150. The predicted octanol–water partition coefficient (Wildman–Crippen LogP) is 2.47. The van der Waals surface area contributed by atoms with Gasteiger partial charge in [0.25, 0.3) is 11.8 Å². The second kappa shape index (κ2) is 8.34. The number of para-hydroxylation sites is 1. The van der Waals surface area contributed by atoms with E-state index in [0.717, 1.165) is 11.1 Å². The Hall–Kier alpha value is -3.68. The number of benzene rings is 2. The molecule has 0 saturated carbocycles. The maximum Gasteiger partial charge on any atom is 0.288 e. The van der Waals surface area contributed by atoms with Crippen LogP contribution in [0.25, 0.3) is 5.69 Å². The van der Waals surface area contributed by atoms with E-state index in [2.05, 4.69) is 15.8 Å². The number of imidazole rings is 1. The van der Waals surface area contributed by atoms with Crippen LogP contribution in [0, 0.1) is 19.7 Å². The minimum absolute atomic E-state index is 0.183. The number of aromatic nitrogens is 2. The first-order chi connectivity index (χ1) is 13.5. The van der Waals surface area contributed by atoms with Crippen LogP contribution >= 0.6 is 0 Å². The van der Waals surface area contributed by atoms with E-state index in [1.165, 1.54) is 41.4 Å². The molecule has 7 nitrogen and oxygen atoms in total. The van der Waals surface area contributed by atoms with E-state index < -0.39 is 11.8 Å². The summed E-state index contributed by atoms with van der Waals surface area (Å²) in [6.45, 7) is 3.53. The Morgan fingerprint density at radius 2 is 1.75 bits per heavy atom. The Bertz CT molecular complexity index is 979. The normalized spacial score (nSPS) is 10.4. The molecule has 0 aliphatic carbocycles. The van der Waals surface area contributed by atoms with Gasteiger partial charge in [0, 0.05) is 5.69 Å². The Labute approximate surface area is 161 Å². The molecule has 0 fully saturated rings. The van der Waals surface area contributed by atoms with Gasteiger partial charge in [-0.2, -0.15) is 0 Å². The second-order valence-electron chi connectivity index (χ2n) is 6.14. The minimum Gasteiger partial charge on any atom is -0.483 e. The van der Waals surface area contributed by atoms with E-state index in [0.29, 0.717) is 11.4 Å². The van der Waals surface area contributed by atoms with Crippen LogP contribution in [0.5, 0.6) is 5.75 Å². The SMILES string of the molecule is Cc1cccc(C)c1OCC(=O)NNC(=O)c1cncn1-c1ccc(F)cc1. The fourth-order valence-electron chi connectivity index (χ4n) is 2.66. The topological polar surface area (TPSA) is 85.2 Å². The van der Waals surface area contributed by atoms with Gasteiger partial charge >= 0.3 is 0 Å². The number of aryl methyl sites for hydroxylation is 2. The lowest BCUT2D eigenvalue weighted by Crippen LogP contribution is -2.44. The highest BCUT2D eigenvalue weighted by Gasteiger charge is 2.14. The van der Waals surface area contributed by atoms with Gasteiger partial charge in [0.1, 0.15) is 17.3 Å². The first-order valence-electron chi connectivity index (χ1n) is 8.52. The van der Waals surface area contributed by atoms with E-state index in [4.69, 9.17) is 4.74 Å². The third-order valence-electron chi connectivity index (χ3n) is 4.05. The summed E-state index contributed by atoms with van der Waals surface area (Å²) in [5.74, 6) is -0.824. The van der Waals surface area contributed by atoms with Gasteiger partial charge in [0.15, 0.2) is 6.61 Å². The van der Waals surface area contributed by atoms with Crippen LogP contribution in [0.2, 0.25) is 0 Å². The summed E-state index contributed by atoms with van der Waals surface area (Å²) in [5, 5.41) is 0. The molecular weight excluding hydrogens is 363 g/mol. The number of ether oxygens (including phenoxy) is 1. The fourth-order valence-corrected chi connectivity index (χ4v) is 2.66. The van der Waals surface area contributed by atoms with E-state index in [1.807, 2.05) is 32.0 Å². The molecule has 0 spiro atoms. The van der Waals surface area contributed by atoms with Crippen molar-refractivity contribution in [2.45, 2.75) is 13.8 Å². The molecule has 0 bridgehead atoms. The van der Waals surface area contributed by atoms with Gasteiger partial charge < -0.3 is 4.74 Å². The summed E-state index contributed by atoms with van der Waals surface area (Å²) < 4.78 is 20.1. The number of hydrogen-bond donors (Lipinski definition) is 2. The summed E-state index contributed by atoms with van der Waals surface area (Å²) in [6.07, 6.45) is 2.77. The highest BCUT2D eigenvalue weighted by Crippen LogP contribution is 2.22. The number of nitrogens with zero attached hydrogens (tertiary/aromatic N) is 2. The molecule has 28 heavy (non-hydrogen) atoms. The summed E-state index contributed by atoms with van der Waals surface area (Å²) >= 11 is 0. The number of nitrogens with one attached hydrogen (secondary N) is 2. The van der Waals surface area contributed by atoms with Crippen molar-refractivity contribution in [3.05, 3.63) is 77.6 Å². The van der Waals surface area contributed by atoms with Gasteiger partial charge in [-0.05, 0) is 49.2 Å². The lowest BCUT2D eigenvalue weighted by molar-refractivity contribution is -0.123. The molecule has 0 aliphatic rings. The van der Waals surface area contributed by atoms with Crippen LogP contribution in [0.3, 0.4) is 0 Å². The van der Waals surface area contributed by atoms with Gasteiger partial charge in [-0.15, -0.1) is 0 Å². The molecule has 0 atom stereocenters. The van der Waals surface area contributed by atoms with Gasteiger partial charge in [-0.1, -0.05) is 18.2 Å². The van der Waals surface area contributed by atoms with E-state index in [-0.39, 0.29) is 18.1 Å². The zero-order chi connectivity index (χ0) is 20.1. The van der Waals surface area contributed by atoms with Crippen LogP contribution in [0.1, 0.15) is 21.6 Å². The monoisotopic (exact) mass is 382 g/mol. The van der Waals surface area contributed by atoms with Gasteiger partial charge in [-0.3, -0.25) is 25.0 Å². The smallest absolute Gasteiger partial charge is 0.288 e. The predicted molar refractivity (Wildman–Crippen MR) is 101 cm³/mol. The molecule has 2 aromatic carbocycles. The first-order valence-corrected chi connectivity index (χ1v) is 8.52. The van der Waals surface area contributed by atoms with Crippen molar-refractivity contribution in [3.8, 4) is 11.4 Å². The molecule has 144 valence electrons. The van der Waals surface area contributed by atoms with Crippen molar-refractivity contribution in [2.75, 3.05) is 6.61 Å². The van der Waals surface area contributed by atoms with Crippen molar-refractivity contribution < 1.29 is 18.7 Å². The van der Waals surface area contributed by atoms with E-state index in [1.54, 1.807) is 0 Å². The minimum atomic E-state index is -0.567. The van der Waals surface area contributed by atoms with Crippen LogP contribution in [-0.2, 0) is 4.79 Å². The molecule has 1 heterocycles. The maximum atomic E-state index is 13.1. The van der Waals surface area contributed by atoms with Crippen molar-refractivity contribution >= 4 is 11.8 Å². The van der Waals surface area contributed by atoms with Gasteiger partial charge in [0.2, 0.25) is 0 Å². The molecule has 8 heteroatoms. The zero-order valence-corrected chi connectivity index (χ0v) is 15.4. The molecule has 3 rings (SSSR count). The van der Waals surface area contributed by atoms with Gasteiger partial charge in [0.05, 0.1) is 12.5 Å². The van der Waals surface area contributed by atoms with Crippen LogP contribution in [0.4, 0.5) is 4.39 Å². The number of amides is 2. The average Bonchev–Trinajstić information content (AvgIpc) is 3.16. The molecule has 0 saturated heterocycles. The molecule has 1 aromatic heterocycles. The van der Waals surface area contributed by atoms with Crippen molar-refractivity contribution in [1.29, 1.82) is 0 Å². The molecule has 0 unspecified atom stereocenters. The summed E-state index contributed by atoms with van der Waals surface area (Å²) in [7, 11) is 0. The molecule has 2 amide bonds. The Morgan fingerprint density at radius 3 is 2.43 bits per heavy atom. The van der Waals surface area contributed by atoms with Crippen LogP contribution < -0.4 is 15.6 Å².